The summed E-state index contributed by atoms with van der Waals surface area (Å²) in [6.45, 7) is 4.85. The summed E-state index contributed by atoms with van der Waals surface area (Å²) in [4.78, 5) is 14.5. The molecule has 0 aliphatic carbocycles. The number of carbonyl (C=O) groups is 1. The number of amides is 1. The molecule has 0 bridgehead atoms. The van der Waals surface area contributed by atoms with Gasteiger partial charge < -0.3 is 14.4 Å². The van der Waals surface area contributed by atoms with E-state index in [0.717, 1.165) is 6.42 Å². The highest BCUT2D eigenvalue weighted by Crippen LogP contribution is 2.29. The molecule has 1 amide bonds. The highest BCUT2D eigenvalue weighted by atomic mass is 32.2. The van der Waals surface area contributed by atoms with Crippen molar-refractivity contribution in [3.05, 3.63) is 23.8 Å². The molecule has 2 heterocycles. The van der Waals surface area contributed by atoms with E-state index in [2.05, 4.69) is 6.92 Å². The van der Waals surface area contributed by atoms with Crippen molar-refractivity contribution < 1.29 is 22.7 Å². The second-order valence-electron chi connectivity index (χ2n) is 6.53. The van der Waals surface area contributed by atoms with Crippen LogP contribution in [0.3, 0.4) is 0 Å². The Morgan fingerprint density at radius 3 is 2.56 bits per heavy atom. The maximum Gasteiger partial charge on any atom is 0.253 e. The number of ether oxygens (including phenoxy) is 2. The van der Waals surface area contributed by atoms with E-state index in [1.165, 1.54) is 17.5 Å². The zero-order valence-corrected chi connectivity index (χ0v) is 15.4. The Hall–Kier alpha value is -1.64. The molecule has 2 saturated heterocycles. The molecule has 2 aliphatic rings. The number of benzene rings is 1. The summed E-state index contributed by atoms with van der Waals surface area (Å²) >= 11 is 0. The summed E-state index contributed by atoms with van der Waals surface area (Å²) in [6.07, 6.45) is 0.973. The van der Waals surface area contributed by atoms with Crippen molar-refractivity contribution >= 4 is 15.9 Å². The van der Waals surface area contributed by atoms with E-state index in [0.29, 0.717) is 50.9 Å². The Morgan fingerprint density at radius 1 is 1.24 bits per heavy atom. The van der Waals surface area contributed by atoms with Gasteiger partial charge >= 0.3 is 0 Å². The maximum atomic E-state index is 13.0. The molecular formula is C17H24N2O5S. The number of hydrogen-bond acceptors (Lipinski definition) is 5. The first-order valence-corrected chi connectivity index (χ1v) is 9.92. The summed E-state index contributed by atoms with van der Waals surface area (Å²) < 4.78 is 37.8. The first-order valence-electron chi connectivity index (χ1n) is 8.48. The highest BCUT2D eigenvalue weighted by molar-refractivity contribution is 7.89. The van der Waals surface area contributed by atoms with Crippen LogP contribution in [-0.4, -0.2) is 70.0 Å². The Balaban J connectivity index is 1.93. The molecule has 1 atom stereocenters. The van der Waals surface area contributed by atoms with E-state index in [1.807, 2.05) is 0 Å². The fraction of sp³-hybridized carbons (Fsp3) is 0.588. The molecule has 3 rings (SSSR count). The van der Waals surface area contributed by atoms with Gasteiger partial charge in [-0.1, -0.05) is 6.92 Å². The van der Waals surface area contributed by atoms with Crippen molar-refractivity contribution in [1.29, 1.82) is 0 Å². The normalized spacial score (nSPS) is 22.2. The molecule has 1 aromatic carbocycles. The molecule has 25 heavy (non-hydrogen) atoms. The molecule has 0 N–H and O–H groups in total. The highest BCUT2D eigenvalue weighted by Gasteiger charge is 2.31. The predicted octanol–water partition coefficient (Wildman–Crippen LogP) is 1.20. The van der Waals surface area contributed by atoms with Crippen molar-refractivity contribution in [3.63, 3.8) is 0 Å². The largest absolute Gasteiger partial charge is 0.495 e. The van der Waals surface area contributed by atoms with Gasteiger partial charge in [-0.3, -0.25) is 4.79 Å². The number of likely N-dealkylation sites (tertiary alicyclic amines) is 1. The second-order valence-corrected chi connectivity index (χ2v) is 8.43. The molecule has 1 aromatic rings. The summed E-state index contributed by atoms with van der Waals surface area (Å²) in [6, 6.07) is 4.62. The molecule has 0 saturated carbocycles. The smallest absolute Gasteiger partial charge is 0.253 e. The van der Waals surface area contributed by atoms with E-state index in [1.54, 1.807) is 17.0 Å². The van der Waals surface area contributed by atoms with E-state index >= 15 is 0 Å². The number of rotatable bonds is 4. The van der Waals surface area contributed by atoms with Gasteiger partial charge in [-0.2, -0.15) is 4.31 Å². The molecule has 2 fully saturated rings. The van der Waals surface area contributed by atoms with Crippen molar-refractivity contribution in [1.82, 2.24) is 9.21 Å². The van der Waals surface area contributed by atoms with Crippen LogP contribution in [0, 0.1) is 5.92 Å². The van der Waals surface area contributed by atoms with Crippen LogP contribution >= 0.6 is 0 Å². The minimum absolute atomic E-state index is 0.0370. The second kappa shape index (κ2) is 7.31. The number of carbonyl (C=O) groups excluding carboxylic acids is 1. The van der Waals surface area contributed by atoms with Gasteiger partial charge in [0, 0.05) is 31.7 Å². The molecule has 7 nitrogen and oxygen atoms in total. The zero-order valence-electron chi connectivity index (χ0n) is 14.6. The van der Waals surface area contributed by atoms with Crippen LogP contribution in [0.1, 0.15) is 23.7 Å². The Kier molecular flexibility index (Phi) is 5.31. The lowest BCUT2D eigenvalue weighted by molar-refractivity contribution is 0.0729. The fourth-order valence-corrected chi connectivity index (χ4v) is 4.83. The van der Waals surface area contributed by atoms with Gasteiger partial charge in [0.1, 0.15) is 10.6 Å². The third-order valence-electron chi connectivity index (χ3n) is 4.71. The van der Waals surface area contributed by atoms with Crippen LogP contribution in [0.5, 0.6) is 5.75 Å². The lowest BCUT2D eigenvalue weighted by Crippen LogP contribution is -2.40. The Bertz CT molecular complexity index is 743. The van der Waals surface area contributed by atoms with E-state index < -0.39 is 10.0 Å². The first-order chi connectivity index (χ1) is 11.9. The fourth-order valence-electron chi connectivity index (χ4n) is 3.24. The quantitative estimate of drug-likeness (QED) is 0.798. The topological polar surface area (TPSA) is 76.2 Å². The Labute approximate surface area is 148 Å². The van der Waals surface area contributed by atoms with Gasteiger partial charge in [0.2, 0.25) is 10.0 Å². The van der Waals surface area contributed by atoms with E-state index in [4.69, 9.17) is 9.47 Å². The number of sulfonamides is 1. The minimum Gasteiger partial charge on any atom is -0.495 e. The van der Waals surface area contributed by atoms with E-state index in [-0.39, 0.29) is 16.6 Å². The van der Waals surface area contributed by atoms with Crippen molar-refractivity contribution in [2.24, 2.45) is 5.92 Å². The van der Waals surface area contributed by atoms with Gasteiger partial charge in [-0.05, 0) is 30.5 Å². The van der Waals surface area contributed by atoms with Gasteiger partial charge in [-0.15, -0.1) is 0 Å². The molecule has 2 aliphatic heterocycles. The number of hydrogen-bond donors (Lipinski definition) is 0. The monoisotopic (exact) mass is 368 g/mol. The summed E-state index contributed by atoms with van der Waals surface area (Å²) in [5, 5.41) is 0. The van der Waals surface area contributed by atoms with Crippen molar-refractivity contribution in [3.8, 4) is 5.75 Å². The van der Waals surface area contributed by atoms with Crippen molar-refractivity contribution in [2.45, 2.75) is 18.2 Å². The van der Waals surface area contributed by atoms with Crippen LogP contribution in [-0.2, 0) is 14.8 Å². The third kappa shape index (κ3) is 3.65. The summed E-state index contributed by atoms with van der Waals surface area (Å²) in [5.74, 6) is 0.585. The number of nitrogens with zero attached hydrogens (tertiary/aromatic N) is 2. The van der Waals surface area contributed by atoms with Crippen molar-refractivity contribution in [2.75, 3.05) is 46.5 Å². The molecule has 0 aromatic heterocycles. The average molecular weight is 368 g/mol. The Morgan fingerprint density at radius 2 is 1.96 bits per heavy atom. The standard InChI is InChI=1S/C17H24N2O5S/c1-13-5-6-18(12-13)17(20)14-3-4-15(23-2)16(11-14)25(21,22)19-7-9-24-10-8-19/h3-4,11,13H,5-10,12H2,1-2H3/t13-/m0/s1. The molecule has 0 unspecified atom stereocenters. The van der Waals surface area contributed by atoms with E-state index in [9.17, 15) is 13.2 Å². The molecule has 0 spiro atoms. The number of methoxy groups -OCH3 is 1. The van der Waals surface area contributed by atoms with Crippen LogP contribution in [0.2, 0.25) is 0 Å². The van der Waals surface area contributed by atoms with Crippen LogP contribution < -0.4 is 4.74 Å². The molecule has 138 valence electrons. The lowest BCUT2D eigenvalue weighted by atomic mass is 10.1. The van der Waals surface area contributed by atoms with Gasteiger partial charge in [0.15, 0.2) is 0 Å². The zero-order chi connectivity index (χ0) is 18.0. The molecule has 8 heteroatoms. The lowest BCUT2D eigenvalue weighted by Gasteiger charge is -2.27. The van der Waals surface area contributed by atoms with Gasteiger partial charge in [0.25, 0.3) is 5.91 Å². The molecule has 0 radical (unpaired) electrons. The first kappa shape index (κ1) is 18.2. The summed E-state index contributed by atoms with van der Waals surface area (Å²) in [5.41, 5.74) is 0.377. The number of morpholine rings is 1. The van der Waals surface area contributed by atoms with Crippen LogP contribution in [0.4, 0.5) is 0 Å². The van der Waals surface area contributed by atoms with Crippen LogP contribution in [0.15, 0.2) is 23.1 Å². The SMILES string of the molecule is COc1ccc(C(=O)N2CC[C@H](C)C2)cc1S(=O)(=O)N1CCOCC1. The van der Waals surface area contributed by atoms with Gasteiger partial charge in [0.05, 0.1) is 20.3 Å². The van der Waals surface area contributed by atoms with Gasteiger partial charge in [-0.25, -0.2) is 8.42 Å². The van der Waals surface area contributed by atoms with Crippen LogP contribution in [0.25, 0.3) is 0 Å². The third-order valence-corrected chi connectivity index (χ3v) is 6.63. The predicted molar refractivity (Wildman–Crippen MR) is 92.3 cm³/mol. The maximum absolute atomic E-state index is 13.0. The summed E-state index contributed by atoms with van der Waals surface area (Å²) in [7, 11) is -2.31. The minimum atomic E-state index is -3.74. The molecular weight excluding hydrogens is 344 g/mol. The average Bonchev–Trinajstić information content (AvgIpc) is 3.07.